The summed E-state index contributed by atoms with van der Waals surface area (Å²) in [6, 6.07) is 11.8. The summed E-state index contributed by atoms with van der Waals surface area (Å²) < 4.78 is 10.5. The van der Waals surface area contributed by atoms with E-state index in [1.807, 2.05) is 36.5 Å². The molecule has 6 nitrogen and oxygen atoms in total. The third-order valence-electron chi connectivity index (χ3n) is 4.88. The Labute approximate surface area is 160 Å². The van der Waals surface area contributed by atoms with Gasteiger partial charge in [-0.3, -0.25) is 14.7 Å². The van der Waals surface area contributed by atoms with Crippen LogP contribution in [0.3, 0.4) is 0 Å². The highest BCUT2D eigenvalue weighted by atomic mass is 16.5. The maximum absolute atomic E-state index is 12.4. The predicted octanol–water partition coefficient (Wildman–Crippen LogP) is 2.42. The number of benzene rings is 1. The molecule has 0 aliphatic carbocycles. The van der Waals surface area contributed by atoms with Crippen LogP contribution < -0.4 is 14.8 Å². The van der Waals surface area contributed by atoms with Crippen LogP contribution in [0.4, 0.5) is 0 Å². The zero-order valence-electron chi connectivity index (χ0n) is 16.0. The number of likely N-dealkylation sites (tertiary alicyclic amines) is 1. The minimum Gasteiger partial charge on any atom is -0.493 e. The van der Waals surface area contributed by atoms with Gasteiger partial charge in [-0.1, -0.05) is 12.1 Å². The van der Waals surface area contributed by atoms with Gasteiger partial charge in [0.15, 0.2) is 11.5 Å². The first-order chi connectivity index (χ1) is 13.2. The number of ether oxygens (including phenoxy) is 2. The fourth-order valence-corrected chi connectivity index (χ4v) is 3.41. The lowest BCUT2D eigenvalue weighted by Crippen LogP contribution is -2.44. The van der Waals surface area contributed by atoms with E-state index in [-0.39, 0.29) is 11.9 Å². The minimum atomic E-state index is 0.0467. The Kier molecular flexibility index (Phi) is 6.65. The SMILES string of the molecule is COc1ccc(CC(=O)NC2CCN(Cc3ccccn3)CC2)cc1OC. The van der Waals surface area contributed by atoms with E-state index in [0.29, 0.717) is 17.9 Å². The van der Waals surface area contributed by atoms with Crippen molar-refractivity contribution >= 4 is 5.91 Å². The summed E-state index contributed by atoms with van der Waals surface area (Å²) in [5.74, 6) is 1.36. The summed E-state index contributed by atoms with van der Waals surface area (Å²) in [4.78, 5) is 19.2. The lowest BCUT2D eigenvalue weighted by atomic mass is 10.0. The van der Waals surface area contributed by atoms with Crippen LogP contribution in [0.15, 0.2) is 42.6 Å². The maximum atomic E-state index is 12.4. The Morgan fingerprint density at radius 2 is 1.93 bits per heavy atom. The van der Waals surface area contributed by atoms with E-state index in [1.54, 1.807) is 14.2 Å². The van der Waals surface area contributed by atoms with E-state index in [1.165, 1.54) is 0 Å². The second kappa shape index (κ2) is 9.37. The van der Waals surface area contributed by atoms with Gasteiger partial charge in [-0.2, -0.15) is 0 Å². The highest BCUT2D eigenvalue weighted by Gasteiger charge is 2.21. The Balaban J connectivity index is 1.45. The molecule has 1 N–H and O–H groups in total. The van der Waals surface area contributed by atoms with Crippen LogP contribution >= 0.6 is 0 Å². The monoisotopic (exact) mass is 369 g/mol. The number of aromatic nitrogens is 1. The van der Waals surface area contributed by atoms with Gasteiger partial charge in [-0.25, -0.2) is 0 Å². The van der Waals surface area contributed by atoms with Gasteiger partial charge in [0, 0.05) is 31.9 Å². The molecule has 0 unspecified atom stereocenters. The van der Waals surface area contributed by atoms with E-state index < -0.39 is 0 Å². The second-order valence-electron chi connectivity index (χ2n) is 6.81. The smallest absolute Gasteiger partial charge is 0.224 e. The number of piperidine rings is 1. The average molecular weight is 369 g/mol. The maximum Gasteiger partial charge on any atom is 0.224 e. The Bertz CT molecular complexity index is 744. The summed E-state index contributed by atoms with van der Waals surface area (Å²) in [6.45, 7) is 2.81. The number of hydrogen-bond acceptors (Lipinski definition) is 5. The molecule has 1 aromatic heterocycles. The molecule has 27 heavy (non-hydrogen) atoms. The van der Waals surface area contributed by atoms with Crippen molar-refractivity contribution in [2.24, 2.45) is 0 Å². The molecule has 2 aromatic rings. The molecule has 1 saturated heterocycles. The number of carbonyl (C=O) groups excluding carboxylic acids is 1. The summed E-state index contributed by atoms with van der Waals surface area (Å²) >= 11 is 0. The summed E-state index contributed by atoms with van der Waals surface area (Å²) in [6.07, 6.45) is 4.10. The molecule has 1 aromatic carbocycles. The van der Waals surface area contributed by atoms with Gasteiger partial charge in [0.25, 0.3) is 0 Å². The molecule has 0 radical (unpaired) electrons. The lowest BCUT2D eigenvalue weighted by molar-refractivity contribution is -0.121. The molecular weight excluding hydrogens is 342 g/mol. The van der Waals surface area contributed by atoms with Crippen molar-refractivity contribution in [3.63, 3.8) is 0 Å². The zero-order chi connectivity index (χ0) is 19.1. The van der Waals surface area contributed by atoms with Gasteiger partial charge >= 0.3 is 0 Å². The minimum absolute atomic E-state index is 0.0467. The van der Waals surface area contributed by atoms with Gasteiger partial charge in [0.1, 0.15) is 0 Å². The predicted molar refractivity (Wildman–Crippen MR) is 104 cm³/mol. The van der Waals surface area contributed by atoms with Gasteiger partial charge in [0.2, 0.25) is 5.91 Å². The number of pyridine rings is 1. The van der Waals surface area contributed by atoms with Crippen molar-refractivity contribution in [2.45, 2.75) is 31.8 Å². The van der Waals surface area contributed by atoms with Gasteiger partial charge in [-0.15, -0.1) is 0 Å². The average Bonchev–Trinajstić information content (AvgIpc) is 2.70. The van der Waals surface area contributed by atoms with Gasteiger partial charge < -0.3 is 14.8 Å². The van der Waals surface area contributed by atoms with Crippen molar-refractivity contribution in [1.82, 2.24) is 15.2 Å². The van der Waals surface area contributed by atoms with Crippen molar-refractivity contribution in [2.75, 3.05) is 27.3 Å². The first-order valence-electron chi connectivity index (χ1n) is 9.30. The van der Waals surface area contributed by atoms with Crippen molar-refractivity contribution in [3.05, 3.63) is 53.9 Å². The van der Waals surface area contributed by atoms with Gasteiger partial charge in [-0.05, 0) is 42.7 Å². The molecule has 3 rings (SSSR count). The van der Waals surface area contributed by atoms with Crippen LogP contribution in [0.5, 0.6) is 11.5 Å². The lowest BCUT2D eigenvalue weighted by Gasteiger charge is -2.32. The normalized spacial score (nSPS) is 15.3. The van der Waals surface area contributed by atoms with Crippen LogP contribution in [0.2, 0.25) is 0 Å². The van der Waals surface area contributed by atoms with Crippen LogP contribution in [-0.4, -0.2) is 49.1 Å². The van der Waals surface area contributed by atoms with E-state index in [9.17, 15) is 4.79 Å². The van der Waals surface area contributed by atoms with Crippen molar-refractivity contribution in [1.29, 1.82) is 0 Å². The molecule has 0 atom stereocenters. The van der Waals surface area contributed by atoms with E-state index in [2.05, 4.69) is 21.3 Å². The fraction of sp³-hybridized carbons (Fsp3) is 0.429. The quantitative estimate of drug-likeness (QED) is 0.812. The fourth-order valence-electron chi connectivity index (χ4n) is 3.41. The number of nitrogens with zero attached hydrogens (tertiary/aromatic N) is 2. The third kappa shape index (κ3) is 5.44. The molecule has 6 heteroatoms. The van der Waals surface area contributed by atoms with E-state index in [4.69, 9.17) is 9.47 Å². The first kappa shape index (κ1) is 19.2. The summed E-state index contributed by atoms with van der Waals surface area (Å²) in [7, 11) is 3.20. The molecular formula is C21H27N3O3. The Hall–Kier alpha value is -2.60. The van der Waals surface area contributed by atoms with Crippen molar-refractivity contribution < 1.29 is 14.3 Å². The molecule has 0 saturated carbocycles. The van der Waals surface area contributed by atoms with E-state index >= 15 is 0 Å². The number of carbonyl (C=O) groups is 1. The topological polar surface area (TPSA) is 63.7 Å². The molecule has 1 aliphatic heterocycles. The molecule has 144 valence electrons. The zero-order valence-corrected chi connectivity index (χ0v) is 16.0. The number of hydrogen-bond donors (Lipinski definition) is 1. The number of methoxy groups -OCH3 is 2. The summed E-state index contributed by atoms with van der Waals surface area (Å²) in [5, 5.41) is 3.16. The molecule has 1 amide bonds. The first-order valence-corrected chi connectivity index (χ1v) is 9.30. The number of amides is 1. The number of nitrogens with one attached hydrogen (secondary N) is 1. The largest absolute Gasteiger partial charge is 0.493 e. The Morgan fingerprint density at radius 1 is 1.15 bits per heavy atom. The second-order valence-corrected chi connectivity index (χ2v) is 6.81. The van der Waals surface area contributed by atoms with Crippen LogP contribution in [-0.2, 0) is 17.8 Å². The van der Waals surface area contributed by atoms with Crippen molar-refractivity contribution in [3.8, 4) is 11.5 Å². The van der Waals surface area contributed by atoms with Crippen LogP contribution in [0, 0.1) is 0 Å². The van der Waals surface area contributed by atoms with E-state index in [0.717, 1.165) is 43.7 Å². The standard InChI is InChI=1S/C21H27N3O3/c1-26-19-7-6-16(13-20(19)27-2)14-21(25)23-17-8-11-24(12-9-17)15-18-5-3-4-10-22-18/h3-7,10,13,17H,8-9,11-12,14-15H2,1-2H3,(H,23,25). The molecule has 2 heterocycles. The Morgan fingerprint density at radius 3 is 2.59 bits per heavy atom. The highest BCUT2D eigenvalue weighted by Crippen LogP contribution is 2.27. The third-order valence-corrected chi connectivity index (χ3v) is 4.88. The molecule has 1 aliphatic rings. The molecule has 0 bridgehead atoms. The molecule has 1 fully saturated rings. The van der Waals surface area contributed by atoms with Crippen LogP contribution in [0.1, 0.15) is 24.1 Å². The van der Waals surface area contributed by atoms with Gasteiger partial charge in [0.05, 0.1) is 26.3 Å². The summed E-state index contributed by atoms with van der Waals surface area (Å²) in [5.41, 5.74) is 2.01. The highest BCUT2D eigenvalue weighted by molar-refractivity contribution is 5.79. The molecule has 0 spiro atoms. The number of rotatable bonds is 7. The van der Waals surface area contributed by atoms with Crippen LogP contribution in [0.25, 0.3) is 0 Å².